The molecule has 1 aromatic rings. The minimum Gasteiger partial charge on any atom is -0.491 e. The molecular formula is C14H21ClO4S. The smallest absolute Gasteiger partial charge is 0.261 e. The van der Waals surface area contributed by atoms with Crippen LogP contribution in [0, 0.1) is 13.8 Å². The molecule has 4 nitrogen and oxygen atoms in total. The lowest BCUT2D eigenvalue weighted by molar-refractivity contribution is -0.0163. The van der Waals surface area contributed by atoms with Crippen molar-refractivity contribution in [3.63, 3.8) is 0 Å². The summed E-state index contributed by atoms with van der Waals surface area (Å²) in [7, 11) is 1.65. The van der Waals surface area contributed by atoms with Gasteiger partial charge >= 0.3 is 0 Å². The van der Waals surface area contributed by atoms with Crippen LogP contribution in [-0.2, 0) is 13.8 Å². The van der Waals surface area contributed by atoms with Gasteiger partial charge in [-0.2, -0.15) is 0 Å². The normalized spacial score (nSPS) is 12.5. The Kier molecular flexibility index (Phi) is 5.46. The molecular weight excluding hydrogens is 300 g/mol. The van der Waals surface area contributed by atoms with Crippen molar-refractivity contribution in [1.82, 2.24) is 0 Å². The molecule has 0 heterocycles. The summed E-state index contributed by atoms with van der Waals surface area (Å²) in [5, 5.41) is 0. The zero-order chi connectivity index (χ0) is 15.6. The molecule has 0 saturated carbocycles. The molecule has 20 heavy (non-hydrogen) atoms. The van der Waals surface area contributed by atoms with E-state index in [1.54, 1.807) is 19.9 Å². The summed E-state index contributed by atoms with van der Waals surface area (Å²) >= 11 is 0. The highest BCUT2D eigenvalue weighted by Gasteiger charge is 2.16. The maximum absolute atomic E-state index is 11.4. The number of rotatable bonds is 5. The van der Waals surface area contributed by atoms with Crippen LogP contribution in [0.3, 0.4) is 0 Å². The third kappa shape index (κ3) is 5.31. The lowest BCUT2D eigenvalue weighted by Crippen LogP contribution is -2.22. The van der Waals surface area contributed by atoms with Crippen LogP contribution >= 0.6 is 10.7 Å². The van der Waals surface area contributed by atoms with Gasteiger partial charge in [-0.05, 0) is 57.9 Å². The van der Waals surface area contributed by atoms with E-state index in [1.165, 1.54) is 6.07 Å². The summed E-state index contributed by atoms with van der Waals surface area (Å²) in [5.74, 6) is 0.643. The highest BCUT2D eigenvalue weighted by atomic mass is 35.7. The summed E-state index contributed by atoms with van der Waals surface area (Å²) in [6, 6.07) is 3.21. The second-order valence-corrected chi connectivity index (χ2v) is 8.16. The van der Waals surface area contributed by atoms with Gasteiger partial charge in [0, 0.05) is 10.7 Å². The van der Waals surface area contributed by atoms with E-state index in [-0.39, 0.29) is 10.5 Å². The molecule has 0 aromatic heterocycles. The molecule has 0 radical (unpaired) electrons. The second-order valence-electron chi connectivity index (χ2n) is 5.63. The van der Waals surface area contributed by atoms with Gasteiger partial charge in [-0.1, -0.05) is 0 Å². The van der Waals surface area contributed by atoms with Crippen molar-refractivity contribution in [2.75, 3.05) is 13.2 Å². The highest BCUT2D eigenvalue weighted by molar-refractivity contribution is 8.13. The summed E-state index contributed by atoms with van der Waals surface area (Å²) in [5.41, 5.74) is 1.09. The van der Waals surface area contributed by atoms with E-state index in [0.717, 1.165) is 5.56 Å². The Labute approximate surface area is 125 Å². The first kappa shape index (κ1) is 17.3. The van der Waals surface area contributed by atoms with Crippen LogP contribution in [0.25, 0.3) is 0 Å². The Morgan fingerprint density at radius 2 is 1.70 bits per heavy atom. The highest BCUT2D eigenvalue weighted by Crippen LogP contribution is 2.27. The van der Waals surface area contributed by atoms with E-state index in [0.29, 0.717) is 24.5 Å². The van der Waals surface area contributed by atoms with Gasteiger partial charge in [0.25, 0.3) is 9.05 Å². The van der Waals surface area contributed by atoms with Gasteiger partial charge in [0.1, 0.15) is 12.4 Å². The van der Waals surface area contributed by atoms with Crippen molar-refractivity contribution in [1.29, 1.82) is 0 Å². The van der Waals surface area contributed by atoms with Crippen molar-refractivity contribution in [3.8, 4) is 5.75 Å². The number of ether oxygens (including phenoxy) is 2. The fourth-order valence-corrected chi connectivity index (χ4v) is 2.94. The fraction of sp³-hybridized carbons (Fsp3) is 0.571. The molecule has 0 aliphatic carbocycles. The first-order valence-corrected chi connectivity index (χ1v) is 8.64. The van der Waals surface area contributed by atoms with E-state index >= 15 is 0 Å². The number of halogens is 1. The topological polar surface area (TPSA) is 52.6 Å². The Hall–Kier alpha value is -0.780. The summed E-state index contributed by atoms with van der Waals surface area (Å²) in [6.45, 7) is 10.3. The Morgan fingerprint density at radius 1 is 1.10 bits per heavy atom. The molecule has 0 bridgehead atoms. The third-order valence-corrected chi connectivity index (χ3v) is 4.08. The first-order valence-electron chi connectivity index (χ1n) is 6.33. The van der Waals surface area contributed by atoms with Crippen LogP contribution < -0.4 is 4.74 Å². The molecule has 0 aliphatic rings. The van der Waals surface area contributed by atoms with Crippen molar-refractivity contribution in [2.45, 2.75) is 45.1 Å². The molecule has 1 aromatic carbocycles. The van der Waals surface area contributed by atoms with Gasteiger partial charge in [-0.25, -0.2) is 8.42 Å². The van der Waals surface area contributed by atoms with Crippen LogP contribution in [-0.4, -0.2) is 27.2 Å². The predicted octanol–water partition coefficient (Wildman–Crippen LogP) is 3.42. The van der Waals surface area contributed by atoms with Gasteiger partial charge in [0.15, 0.2) is 0 Å². The average molecular weight is 321 g/mol. The van der Waals surface area contributed by atoms with E-state index in [4.69, 9.17) is 20.2 Å². The number of aryl methyl sites for hydroxylation is 2. The van der Waals surface area contributed by atoms with Crippen LogP contribution in [0.2, 0.25) is 0 Å². The van der Waals surface area contributed by atoms with Gasteiger partial charge in [0.05, 0.1) is 17.1 Å². The summed E-state index contributed by atoms with van der Waals surface area (Å²) in [6.07, 6.45) is 0. The summed E-state index contributed by atoms with van der Waals surface area (Å²) < 4.78 is 34.0. The lowest BCUT2D eigenvalue weighted by atomic mass is 10.1. The minimum absolute atomic E-state index is 0.120. The first-order chi connectivity index (χ1) is 9.00. The average Bonchev–Trinajstić information content (AvgIpc) is 2.25. The number of hydrogen-bond donors (Lipinski definition) is 0. The zero-order valence-corrected chi connectivity index (χ0v) is 14.1. The van der Waals surface area contributed by atoms with Gasteiger partial charge < -0.3 is 9.47 Å². The van der Waals surface area contributed by atoms with Crippen molar-refractivity contribution >= 4 is 19.7 Å². The molecule has 0 atom stereocenters. The van der Waals surface area contributed by atoms with Gasteiger partial charge in [-0.15, -0.1) is 0 Å². The number of hydrogen-bond acceptors (Lipinski definition) is 4. The Balaban J connectivity index is 2.76. The largest absolute Gasteiger partial charge is 0.491 e. The second kappa shape index (κ2) is 6.33. The monoisotopic (exact) mass is 320 g/mol. The fourth-order valence-electron chi connectivity index (χ4n) is 1.68. The number of benzene rings is 1. The van der Waals surface area contributed by atoms with E-state index < -0.39 is 9.05 Å². The Bertz CT molecular complexity index is 574. The third-order valence-electron chi connectivity index (χ3n) is 2.61. The molecule has 0 saturated heterocycles. The van der Waals surface area contributed by atoms with Crippen molar-refractivity contribution < 1.29 is 17.9 Å². The SMILES string of the molecule is Cc1cc(S(=O)(=O)Cl)c(C)cc1OCCOC(C)(C)C. The zero-order valence-electron chi connectivity index (χ0n) is 12.5. The molecule has 6 heteroatoms. The van der Waals surface area contributed by atoms with E-state index in [1.807, 2.05) is 20.8 Å². The van der Waals surface area contributed by atoms with Gasteiger partial charge in [0.2, 0.25) is 0 Å². The molecule has 0 aliphatic heterocycles. The molecule has 114 valence electrons. The molecule has 0 N–H and O–H groups in total. The lowest BCUT2D eigenvalue weighted by Gasteiger charge is -2.20. The Morgan fingerprint density at radius 3 is 2.20 bits per heavy atom. The molecule has 0 unspecified atom stereocenters. The van der Waals surface area contributed by atoms with Crippen LogP contribution in [0.1, 0.15) is 31.9 Å². The minimum atomic E-state index is -3.73. The van der Waals surface area contributed by atoms with Gasteiger partial charge in [-0.3, -0.25) is 0 Å². The molecule has 0 fully saturated rings. The van der Waals surface area contributed by atoms with Crippen LogP contribution in [0.15, 0.2) is 17.0 Å². The van der Waals surface area contributed by atoms with Crippen LogP contribution in [0.4, 0.5) is 0 Å². The van der Waals surface area contributed by atoms with Crippen molar-refractivity contribution in [2.24, 2.45) is 0 Å². The quantitative estimate of drug-likeness (QED) is 0.616. The molecule has 0 spiro atoms. The maximum atomic E-state index is 11.4. The summed E-state index contributed by atoms with van der Waals surface area (Å²) in [4.78, 5) is 0.120. The molecule has 0 amide bonds. The van der Waals surface area contributed by atoms with E-state index in [2.05, 4.69) is 0 Å². The van der Waals surface area contributed by atoms with Crippen LogP contribution in [0.5, 0.6) is 5.75 Å². The van der Waals surface area contributed by atoms with Crippen molar-refractivity contribution in [3.05, 3.63) is 23.3 Å². The molecule has 1 rings (SSSR count). The standard InChI is InChI=1S/C14H21ClO4S/c1-10-9-13(20(15,16)17)11(2)8-12(10)18-6-7-19-14(3,4)5/h8-9H,6-7H2,1-5H3. The maximum Gasteiger partial charge on any atom is 0.261 e. The predicted molar refractivity (Wildman–Crippen MR) is 80.2 cm³/mol. The van der Waals surface area contributed by atoms with E-state index in [9.17, 15) is 8.42 Å².